The van der Waals surface area contributed by atoms with E-state index < -0.39 is 0 Å². The summed E-state index contributed by atoms with van der Waals surface area (Å²) in [7, 11) is 1.84. The smallest absolute Gasteiger partial charge is 0.253 e. The lowest BCUT2D eigenvalue weighted by Gasteiger charge is -2.17. The number of aromatic amines is 1. The van der Waals surface area contributed by atoms with E-state index in [4.69, 9.17) is 0 Å². The molecule has 1 amide bonds. The van der Waals surface area contributed by atoms with E-state index in [9.17, 15) is 4.79 Å². The van der Waals surface area contributed by atoms with Crippen molar-refractivity contribution in [2.75, 3.05) is 13.6 Å². The first-order valence-corrected chi connectivity index (χ1v) is 7.37. The molecule has 0 aliphatic heterocycles. The van der Waals surface area contributed by atoms with Crippen molar-refractivity contribution in [2.24, 2.45) is 0 Å². The third kappa shape index (κ3) is 3.01. The Labute approximate surface area is 129 Å². The molecule has 4 nitrogen and oxygen atoms in total. The normalized spacial score (nSPS) is 10.8. The molecule has 2 heterocycles. The Hall–Kier alpha value is -2.62. The fourth-order valence-corrected chi connectivity index (χ4v) is 2.58. The third-order valence-corrected chi connectivity index (χ3v) is 3.83. The molecule has 0 aliphatic rings. The van der Waals surface area contributed by atoms with Gasteiger partial charge in [0.05, 0.1) is 0 Å². The van der Waals surface area contributed by atoms with Gasteiger partial charge in [-0.25, -0.2) is 0 Å². The number of carbonyl (C=O) groups is 1. The van der Waals surface area contributed by atoms with Crippen molar-refractivity contribution in [3.05, 3.63) is 65.6 Å². The maximum atomic E-state index is 12.5. The molecule has 112 valence electrons. The minimum Gasteiger partial charge on any atom is -0.359 e. The van der Waals surface area contributed by atoms with E-state index in [1.54, 1.807) is 17.3 Å². The van der Waals surface area contributed by atoms with E-state index in [0.717, 1.165) is 28.6 Å². The number of nitrogens with one attached hydrogen (secondary N) is 1. The molecule has 22 heavy (non-hydrogen) atoms. The lowest BCUT2D eigenvalue weighted by atomic mass is 10.1. The number of rotatable bonds is 4. The molecule has 0 spiro atoms. The number of likely N-dealkylation sites (N-methyl/N-ethyl adjacent to an activating group) is 1. The number of pyridine rings is 1. The van der Waals surface area contributed by atoms with Gasteiger partial charge in [-0.1, -0.05) is 0 Å². The first-order valence-electron chi connectivity index (χ1n) is 7.37. The van der Waals surface area contributed by atoms with Crippen LogP contribution in [0, 0.1) is 6.92 Å². The monoisotopic (exact) mass is 293 g/mol. The topological polar surface area (TPSA) is 49.0 Å². The van der Waals surface area contributed by atoms with Gasteiger partial charge in [0.25, 0.3) is 5.91 Å². The minimum absolute atomic E-state index is 0.0507. The lowest BCUT2D eigenvalue weighted by molar-refractivity contribution is 0.0797. The van der Waals surface area contributed by atoms with Crippen LogP contribution in [0.3, 0.4) is 0 Å². The van der Waals surface area contributed by atoms with Gasteiger partial charge in [-0.15, -0.1) is 0 Å². The largest absolute Gasteiger partial charge is 0.359 e. The van der Waals surface area contributed by atoms with E-state index in [2.05, 4.69) is 16.0 Å². The van der Waals surface area contributed by atoms with E-state index in [-0.39, 0.29) is 5.91 Å². The molecule has 2 aromatic heterocycles. The molecule has 1 aromatic carbocycles. The molecule has 0 aliphatic carbocycles. The number of H-pyrrole nitrogens is 1. The van der Waals surface area contributed by atoms with Gasteiger partial charge in [0.15, 0.2) is 0 Å². The summed E-state index contributed by atoms with van der Waals surface area (Å²) in [6.07, 6.45) is 4.38. The summed E-state index contributed by atoms with van der Waals surface area (Å²) < 4.78 is 0. The van der Waals surface area contributed by atoms with Gasteiger partial charge >= 0.3 is 0 Å². The number of fused-ring (bicyclic) bond motifs is 1. The Morgan fingerprint density at radius 1 is 1.18 bits per heavy atom. The predicted molar refractivity (Wildman–Crippen MR) is 87.9 cm³/mol. The van der Waals surface area contributed by atoms with Gasteiger partial charge in [0, 0.05) is 48.1 Å². The first-order chi connectivity index (χ1) is 10.6. The summed E-state index contributed by atoms with van der Waals surface area (Å²) in [6.45, 7) is 2.70. The zero-order valence-corrected chi connectivity index (χ0v) is 12.8. The standard InChI is InChI=1S/C18H19N3O/c1-13-11-16-12-15(3-4-17(16)20-13)18(22)21(2)10-7-14-5-8-19-9-6-14/h3-6,8-9,11-12,20H,7,10H2,1-2H3. The van der Waals surface area contributed by atoms with Crippen LogP contribution < -0.4 is 0 Å². The maximum absolute atomic E-state index is 12.5. The molecule has 4 heteroatoms. The molecule has 0 bridgehead atoms. The Balaban J connectivity index is 1.71. The van der Waals surface area contributed by atoms with Gasteiger partial charge < -0.3 is 9.88 Å². The number of nitrogens with zero attached hydrogens (tertiary/aromatic N) is 2. The maximum Gasteiger partial charge on any atom is 0.253 e. The van der Waals surface area contributed by atoms with E-state index in [1.807, 2.05) is 44.3 Å². The van der Waals surface area contributed by atoms with Crippen LogP contribution in [0.4, 0.5) is 0 Å². The molecule has 3 aromatic rings. The number of hydrogen-bond acceptors (Lipinski definition) is 2. The van der Waals surface area contributed by atoms with Crippen molar-refractivity contribution in [1.82, 2.24) is 14.9 Å². The fraction of sp³-hybridized carbons (Fsp3) is 0.222. The summed E-state index contributed by atoms with van der Waals surface area (Å²) in [5.74, 6) is 0.0507. The molecule has 0 unspecified atom stereocenters. The number of carbonyl (C=O) groups excluding carboxylic acids is 1. The number of benzene rings is 1. The summed E-state index contributed by atoms with van der Waals surface area (Å²) in [5, 5.41) is 1.07. The molecular formula is C18H19N3O. The van der Waals surface area contributed by atoms with Gasteiger partial charge in [-0.05, 0) is 55.3 Å². The SMILES string of the molecule is Cc1cc2cc(C(=O)N(C)CCc3ccncc3)ccc2[nH]1. The minimum atomic E-state index is 0.0507. The highest BCUT2D eigenvalue weighted by atomic mass is 16.2. The molecule has 0 saturated carbocycles. The van der Waals surface area contributed by atoms with Crippen molar-refractivity contribution < 1.29 is 4.79 Å². The second-order valence-corrected chi connectivity index (χ2v) is 5.59. The quantitative estimate of drug-likeness (QED) is 0.803. The Morgan fingerprint density at radius 2 is 1.95 bits per heavy atom. The van der Waals surface area contributed by atoms with Crippen LogP contribution in [0.15, 0.2) is 48.8 Å². The van der Waals surface area contributed by atoms with Crippen LogP contribution in [0.5, 0.6) is 0 Å². The van der Waals surface area contributed by atoms with Crippen molar-refractivity contribution in [3.8, 4) is 0 Å². The Morgan fingerprint density at radius 3 is 2.73 bits per heavy atom. The van der Waals surface area contributed by atoms with Crippen LogP contribution in [-0.2, 0) is 6.42 Å². The van der Waals surface area contributed by atoms with Gasteiger partial charge in [0.2, 0.25) is 0 Å². The van der Waals surface area contributed by atoms with Crippen molar-refractivity contribution >= 4 is 16.8 Å². The zero-order chi connectivity index (χ0) is 15.5. The van der Waals surface area contributed by atoms with E-state index in [1.165, 1.54) is 5.56 Å². The van der Waals surface area contributed by atoms with Crippen molar-refractivity contribution in [2.45, 2.75) is 13.3 Å². The highest BCUT2D eigenvalue weighted by Gasteiger charge is 2.12. The van der Waals surface area contributed by atoms with Crippen LogP contribution in [-0.4, -0.2) is 34.4 Å². The van der Waals surface area contributed by atoms with Crippen LogP contribution in [0.1, 0.15) is 21.6 Å². The van der Waals surface area contributed by atoms with E-state index in [0.29, 0.717) is 6.54 Å². The van der Waals surface area contributed by atoms with E-state index >= 15 is 0 Å². The molecule has 0 atom stereocenters. The summed E-state index contributed by atoms with van der Waals surface area (Å²) >= 11 is 0. The van der Waals surface area contributed by atoms with Gasteiger partial charge in [-0.3, -0.25) is 9.78 Å². The number of amides is 1. The average molecular weight is 293 g/mol. The summed E-state index contributed by atoms with van der Waals surface area (Å²) in [4.78, 5) is 21.6. The second-order valence-electron chi connectivity index (χ2n) is 5.59. The fourth-order valence-electron chi connectivity index (χ4n) is 2.58. The number of hydrogen-bond donors (Lipinski definition) is 1. The molecule has 0 saturated heterocycles. The predicted octanol–water partition coefficient (Wildman–Crippen LogP) is 3.19. The van der Waals surface area contributed by atoms with Gasteiger partial charge in [0.1, 0.15) is 0 Å². The lowest BCUT2D eigenvalue weighted by Crippen LogP contribution is -2.28. The third-order valence-electron chi connectivity index (χ3n) is 3.83. The average Bonchev–Trinajstić information content (AvgIpc) is 2.92. The van der Waals surface area contributed by atoms with Crippen LogP contribution >= 0.6 is 0 Å². The summed E-state index contributed by atoms with van der Waals surface area (Å²) in [5.41, 5.74) is 4.08. The summed E-state index contributed by atoms with van der Waals surface area (Å²) in [6, 6.07) is 11.8. The molecule has 0 fully saturated rings. The second kappa shape index (κ2) is 6.02. The van der Waals surface area contributed by atoms with Crippen molar-refractivity contribution in [1.29, 1.82) is 0 Å². The molecule has 1 N–H and O–H groups in total. The molecular weight excluding hydrogens is 274 g/mol. The number of aromatic nitrogens is 2. The number of aryl methyl sites for hydroxylation is 1. The highest BCUT2D eigenvalue weighted by molar-refractivity contribution is 5.98. The van der Waals surface area contributed by atoms with Crippen LogP contribution in [0.2, 0.25) is 0 Å². The Kier molecular flexibility index (Phi) is 3.92. The highest BCUT2D eigenvalue weighted by Crippen LogP contribution is 2.17. The van der Waals surface area contributed by atoms with Gasteiger partial charge in [-0.2, -0.15) is 0 Å². The molecule has 3 rings (SSSR count). The Bertz CT molecular complexity index is 792. The molecule has 0 radical (unpaired) electrons. The van der Waals surface area contributed by atoms with Crippen molar-refractivity contribution in [3.63, 3.8) is 0 Å². The van der Waals surface area contributed by atoms with Crippen LogP contribution in [0.25, 0.3) is 10.9 Å². The zero-order valence-electron chi connectivity index (χ0n) is 12.8. The first kappa shape index (κ1) is 14.3.